The maximum absolute atomic E-state index is 12.9. The number of rotatable bonds is 5. The SMILES string of the molecule is CC(CCN)SCc1ccc(F)cc1C#N. The molecule has 0 heterocycles. The molecule has 4 heteroatoms. The molecule has 0 fully saturated rings. The lowest BCUT2D eigenvalue weighted by Crippen LogP contribution is -2.07. The Morgan fingerprint density at radius 2 is 2.31 bits per heavy atom. The van der Waals surface area contributed by atoms with E-state index >= 15 is 0 Å². The molecule has 0 aliphatic rings. The van der Waals surface area contributed by atoms with Gasteiger partial charge in [-0.2, -0.15) is 17.0 Å². The predicted octanol–water partition coefficient (Wildman–Crippen LogP) is 2.67. The first kappa shape index (κ1) is 13.0. The van der Waals surface area contributed by atoms with E-state index in [1.807, 2.05) is 6.07 Å². The zero-order chi connectivity index (χ0) is 12.0. The lowest BCUT2D eigenvalue weighted by atomic mass is 10.1. The van der Waals surface area contributed by atoms with Gasteiger partial charge in [-0.1, -0.05) is 13.0 Å². The number of nitrogens with two attached hydrogens (primary N) is 1. The van der Waals surface area contributed by atoms with E-state index in [4.69, 9.17) is 11.0 Å². The van der Waals surface area contributed by atoms with Crippen LogP contribution >= 0.6 is 11.8 Å². The van der Waals surface area contributed by atoms with Crippen molar-refractivity contribution in [2.75, 3.05) is 6.54 Å². The molecule has 0 saturated carbocycles. The fraction of sp³-hybridized carbons (Fsp3) is 0.417. The van der Waals surface area contributed by atoms with Crippen LogP contribution in [0.4, 0.5) is 4.39 Å². The summed E-state index contributed by atoms with van der Waals surface area (Å²) < 4.78 is 12.9. The summed E-state index contributed by atoms with van der Waals surface area (Å²) in [6.07, 6.45) is 0.952. The van der Waals surface area contributed by atoms with Crippen LogP contribution in [0.2, 0.25) is 0 Å². The van der Waals surface area contributed by atoms with Gasteiger partial charge in [0.25, 0.3) is 0 Å². The first-order valence-corrected chi connectivity index (χ1v) is 6.22. The van der Waals surface area contributed by atoms with Crippen LogP contribution in [0, 0.1) is 17.1 Å². The highest BCUT2D eigenvalue weighted by molar-refractivity contribution is 7.99. The van der Waals surface area contributed by atoms with Gasteiger partial charge in [0.1, 0.15) is 5.82 Å². The van der Waals surface area contributed by atoms with Crippen LogP contribution in [0.15, 0.2) is 18.2 Å². The van der Waals surface area contributed by atoms with E-state index in [-0.39, 0.29) is 5.82 Å². The van der Waals surface area contributed by atoms with Gasteiger partial charge in [-0.15, -0.1) is 0 Å². The Hall–Kier alpha value is -1.05. The van der Waals surface area contributed by atoms with E-state index in [2.05, 4.69) is 6.92 Å². The van der Waals surface area contributed by atoms with Gasteiger partial charge in [0.15, 0.2) is 0 Å². The minimum absolute atomic E-state index is 0.361. The Balaban J connectivity index is 2.64. The van der Waals surface area contributed by atoms with Crippen molar-refractivity contribution in [3.05, 3.63) is 35.1 Å². The van der Waals surface area contributed by atoms with Gasteiger partial charge in [0.2, 0.25) is 0 Å². The van der Waals surface area contributed by atoms with Crippen molar-refractivity contribution >= 4 is 11.8 Å². The van der Waals surface area contributed by atoms with Crippen molar-refractivity contribution in [1.82, 2.24) is 0 Å². The first-order valence-electron chi connectivity index (χ1n) is 5.17. The molecule has 1 unspecified atom stereocenters. The van der Waals surface area contributed by atoms with Crippen molar-refractivity contribution < 1.29 is 4.39 Å². The lowest BCUT2D eigenvalue weighted by Gasteiger charge is -2.10. The molecule has 0 aliphatic carbocycles. The summed E-state index contributed by atoms with van der Waals surface area (Å²) in [5.41, 5.74) is 6.77. The molecule has 0 spiro atoms. The van der Waals surface area contributed by atoms with E-state index in [0.717, 1.165) is 17.7 Å². The van der Waals surface area contributed by atoms with Gasteiger partial charge in [0, 0.05) is 11.0 Å². The molecule has 0 radical (unpaired) electrons. The van der Waals surface area contributed by atoms with Crippen LogP contribution in [0.25, 0.3) is 0 Å². The minimum Gasteiger partial charge on any atom is -0.330 e. The zero-order valence-corrected chi connectivity index (χ0v) is 10.1. The van der Waals surface area contributed by atoms with Crippen LogP contribution in [0.3, 0.4) is 0 Å². The van der Waals surface area contributed by atoms with Crippen molar-refractivity contribution in [2.45, 2.75) is 24.3 Å². The fourth-order valence-corrected chi connectivity index (χ4v) is 2.35. The Labute approximate surface area is 99.6 Å². The van der Waals surface area contributed by atoms with Crippen LogP contribution < -0.4 is 5.73 Å². The van der Waals surface area contributed by atoms with E-state index in [9.17, 15) is 4.39 Å². The summed E-state index contributed by atoms with van der Waals surface area (Å²) >= 11 is 1.74. The topological polar surface area (TPSA) is 49.8 Å². The van der Waals surface area contributed by atoms with Gasteiger partial charge in [-0.05, 0) is 30.7 Å². The van der Waals surface area contributed by atoms with Crippen LogP contribution in [-0.2, 0) is 5.75 Å². The molecule has 1 rings (SSSR count). The molecule has 0 saturated heterocycles. The van der Waals surface area contributed by atoms with Gasteiger partial charge in [-0.3, -0.25) is 0 Å². The average Bonchev–Trinajstić information content (AvgIpc) is 2.27. The van der Waals surface area contributed by atoms with E-state index in [0.29, 0.717) is 17.4 Å². The molecule has 0 amide bonds. The number of hydrogen-bond donors (Lipinski definition) is 1. The molecule has 0 aromatic heterocycles. The third-order valence-electron chi connectivity index (χ3n) is 2.29. The summed E-state index contributed by atoms with van der Waals surface area (Å²) in [6, 6.07) is 6.37. The maximum atomic E-state index is 12.9. The Kier molecular flexibility index (Phi) is 5.30. The van der Waals surface area contributed by atoms with Gasteiger partial charge in [0.05, 0.1) is 11.6 Å². The fourth-order valence-electron chi connectivity index (χ4n) is 1.33. The standard InChI is InChI=1S/C12H15FN2S/c1-9(4-5-14)16-8-10-2-3-12(13)6-11(10)7-15/h2-3,6,9H,4-5,8,14H2,1H3. The second kappa shape index (κ2) is 6.51. The highest BCUT2D eigenvalue weighted by atomic mass is 32.2. The van der Waals surface area contributed by atoms with Crippen molar-refractivity contribution in [1.29, 1.82) is 5.26 Å². The maximum Gasteiger partial charge on any atom is 0.124 e. The van der Waals surface area contributed by atoms with Crippen molar-refractivity contribution in [2.24, 2.45) is 5.73 Å². The highest BCUT2D eigenvalue weighted by Crippen LogP contribution is 2.22. The van der Waals surface area contributed by atoms with Crippen LogP contribution in [0.5, 0.6) is 0 Å². The average molecular weight is 238 g/mol. The Bertz CT molecular complexity index is 387. The van der Waals surface area contributed by atoms with Gasteiger partial charge in [-0.25, -0.2) is 4.39 Å². The normalized spacial score (nSPS) is 12.1. The van der Waals surface area contributed by atoms with Crippen LogP contribution in [-0.4, -0.2) is 11.8 Å². The first-order chi connectivity index (χ1) is 7.67. The quantitative estimate of drug-likeness (QED) is 0.858. The van der Waals surface area contributed by atoms with E-state index in [1.165, 1.54) is 12.1 Å². The number of benzene rings is 1. The molecule has 0 aliphatic heterocycles. The third-order valence-corrected chi connectivity index (χ3v) is 3.57. The third kappa shape index (κ3) is 3.84. The summed E-state index contributed by atoms with van der Waals surface area (Å²) in [4.78, 5) is 0. The number of nitrogens with zero attached hydrogens (tertiary/aromatic N) is 1. The number of hydrogen-bond acceptors (Lipinski definition) is 3. The van der Waals surface area contributed by atoms with E-state index < -0.39 is 0 Å². The number of nitriles is 1. The predicted molar refractivity (Wildman–Crippen MR) is 65.5 cm³/mol. The monoisotopic (exact) mass is 238 g/mol. The zero-order valence-electron chi connectivity index (χ0n) is 9.24. The second-order valence-electron chi connectivity index (χ2n) is 3.61. The van der Waals surface area contributed by atoms with Crippen molar-refractivity contribution in [3.63, 3.8) is 0 Å². The molecule has 1 aromatic carbocycles. The smallest absolute Gasteiger partial charge is 0.124 e. The Morgan fingerprint density at radius 1 is 1.56 bits per heavy atom. The molecule has 86 valence electrons. The summed E-state index contributed by atoms with van der Waals surface area (Å²) in [7, 11) is 0. The molecule has 2 nitrogen and oxygen atoms in total. The molecule has 1 aromatic rings. The van der Waals surface area contributed by atoms with Gasteiger partial charge < -0.3 is 5.73 Å². The number of halogens is 1. The summed E-state index contributed by atoms with van der Waals surface area (Å²) in [6.45, 7) is 2.77. The molecule has 0 bridgehead atoms. The molecule has 1 atom stereocenters. The van der Waals surface area contributed by atoms with Crippen LogP contribution in [0.1, 0.15) is 24.5 Å². The van der Waals surface area contributed by atoms with Gasteiger partial charge >= 0.3 is 0 Å². The van der Waals surface area contributed by atoms with E-state index in [1.54, 1.807) is 17.8 Å². The number of thioether (sulfide) groups is 1. The Morgan fingerprint density at radius 3 is 2.94 bits per heavy atom. The summed E-state index contributed by atoms with van der Waals surface area (Å²) in [5, 5.41) is 9.33. The summed E-state index contributed by atoms with van der Waals surface area (Å²) in [5.74, 6) is 0.366. The minimum atomic E-state index is -0.361. The lowest BCUT2D eigenvalue weighted by molar-refractivity contribution is 0.627. The van der Waals surface area contributed by atoms with Crippen molar-refractivity contribution in [3.8, 4) is 6.07 Å². The molecule has 16 heavy (non-hydrogen) atoms. The molecular formula is C12H15FN2S. The second-order valence-corrected chi connectivity index (χ2v) is 5.04. The largest absolute Gasteiger partial charge is 0.330 e. The highest BCUT2D eigenvalue weighted by Gasteiger charge is 2.06. The molecular weight excluding hydrogens is 223 g/mol. The molecule has 2 N–H and O–H groups in total.